The van der Waals surface area contributed by atoms with E-state index in [1.807, 2.05) is 0 Å². The van der Waals surface area contributed by atoms with E-state index in [1.165, 1.54) is 18.4 Å². The van der Waals surface area contributed by atoms with Crippen molar-refractivity contribution in [3.63, 3.8) is 0 Å². The molecule has 0 atom stereocenters. The summed E-state index contributed by atoms with van der Waals surface area (Å²) in [5.41, 5.74) is 1.25. The van der Waals surface area contributed by atoms with Crippen molar-refractivity contribution < 1.29 is 4.74 Å². The highest BCUT2D eigenvalue weighted by atomic mass is 79.9. The smallest absolute Gasteiger partial charge is 0.138 e. The fourth-order valence-electron chi connectivity index (χ4n) is 1.99. The third kappa shape index (κ3) is 3.72. The highest BCUT2D eigenvalue weighted by molar-refractivity contribution is 9.10. The van der Waals surface area contributed by atoms with Crippen molar-refractivity contribution in [1.82, 2.24) is 5.32 Å². The van der Waals surface area contributed by atoms with Gasteiger partial charge in [0.1, 0.15) is 5.75 Å². The molecule has 0 bridgehead atoms. The van der Waals surface area contributed by atoms with Gasteiger partial charge in [0.2, 0.25) is 0 Å². The molecule has 0 spiro atoms. The molecule has 2 nitrogen and oxygen atoms in total. The monoisotopic (exact) mass is 311 g/mol. The second-order valence-corrected chi connectivity index (χ2v) is 5.79. The molecule has 1 aliphatic rings. The molecule has 1 aliphatic carbocycles. The predicted octanol–water partition coefficient (Wildman–Crippen LogP) is 4.27. The van der Waals surface area contributed by atoms with E-state index in [1.54, 1.807) is 0 Å². The van der Waals surface area contributed by atoms with E-state index in [9.17, 15) is 0 Å². The van der Waals surface area contributed by atoms with E-state index in [4.69, 9.17) is 4.74 Å². The van der Waals surface area contributed by atoms with Gasteiger partial charge in [-0.25, -0.2) is 0 Å². The molecule has 0 radical (unpaired) electrons. The zero-order valence-corrected chi connectivity index (χ0v) is 12.8. The van der Waals surface area contributed by atoms with Crippen molar-refractivity contribution in [2.24, 2.45) is 0 Å². The SMILES string of the molecule is CCC(CC)Oc1c(Br)cccc1CNC1CC1. The van der Waals surface area contributed by atoms with Gasteiger partial charge in [0, 0.05) is 18.2 Å². The maximum Gasteiger partial charge on any atom is 0.138 e. The normalized spacial score (nSPS) is 15.1. The number of para-hydroxylation sites is 1. The van der Waals surface area contributed by atoms with Crippen molar-refractivity contribution in [3.8, 4) is 5.75 Å². The Kier molecular flexibility index (Phi) is 5.07. The van der Waals surface area contributed by atoms with Gasteiger partial charge in [0.15, 0.2) is 0 Å². The highest BCUT2D eigenvalue weighted by Gasteiger charge is 2.21. The Morgan fingerprint density at radius 3 is 2.67 bits per heavy atom. The second kappa shape index (κ2) is 6.58. The minimum atomic E-state index is 0.309. The average molecular weight is 312 g/mol. The molecule has 1 aromatic carbocycles. The average Bonchev–Trinajstić information content (AvgIpc) is 3.19. The molecule has 0 aromatic heterocycles. The number of benzene rings is 1. The van der Waals surface area contributed by atoms with E-state index in [0.717, 1.165) is 35.7 Å². The Labute approximate surface area is 118 Å². The maximum atomic E-state index is 6.14. The lowest BCUT2D eigenvalue weighted by atomic mass is 10.1. The molecule has 0 amide bonds. The number of rotatable bonds is 7. The third-order valence-corrected chi connectivity index (χ3v) is 4.03. The Morgan fingerprint density at radius 1 is 1.33 bits per heavy atom. The van der Waals surface area contributed by atoms with Crippen LogP contribution < -0.4 is 10.1 Å². The lowest BCUT2D eigenvalue weighted by Gasteiger charge is -2.20. The van der Waals surface area contributed by atoms with E-state index < -0.39 is 0 Å². The van der Waals surface area contributed by atoms with Crippen LogP contribution in [0, 0.1) is 0 Å². The van der Waals surface area contributed by atoms with Crippen LogP contribution >= 0.6 is 15.9 Å². The van der Waals surface area contributed by atoms with Gasteiger partial charge in [-0.1, -0.05) is 26.0 Å². The van der Waals surface area contributed by atoms with Gasteiger partial charge >= 0.3 is 0 Å². The van der Waals surface area contributed by atoms with E-state index in [2.05, 4.69) is 53.3 Å². The van der Waals surface area contributed by atoms with Gasteiger partial charge in [-0.3, -0.25) is 0 Å². The summed E-state index contributed by atoms with van der Waals surface area (Å²) in [7, 11) is 0. The summed E-state index contributed by atoms with van der Waals surface area (Å²) in [6.07, 6.45) is 5.04. The van der Waals surface area contributed by atoms with Crippen molar-refractivity contribution in [2.45, 2.75) is 58.2 Å². The van der Waals surface area contributed by atoms with Crippen LogP contribution in [0.4, 0.5) is 0 Å². The number of hydrogen-bond donors (Lipinski definition) is 1. The van der Waals surface area contributed by atoms with Gasteiger partial charge in [-0.05, 0) is 47.7 Å². The molecule has 3 heteroatoms. The van der Waals surface area contributed by atoms with Gasteiger partial charge in [-0.15, -0.1) is 0 Å². The van der Waals surface area contributed by atoms with Crippen molar-refractivity contribution in [3.05, 3.63) is 28.2 Å². The Hall–Kier alpha value is -0.540. The first kappa shape index (κ1) is 13.9. The topological polar surface area (TPSA) is 21.3 Å². The summed E-state index contributed by atoms with van der Waals surface area (Å²) < 4.78 is 7.20. The lowest BCUT2D eigenvalue weighted by molar-refractivity contribution is 0.189. The largest absolute Gasteiger partial charge is 0.489 e. The first-order valence-corrected chi connectivity index (χ1v) is 7.71. The van der Waals surface area contributed by atoms with Crippen LogP contribution in [0.15, 0.2) is 22.7 Å². The van der Waals surface area contributed by atoms with Crippen LogP contribution in [0.3, 0.4) is 0 Å². The molecular weight excluding hydrogens is 290 g/mol. The zero-order valence-electron chi connectivity index (χ0n) is 11.2. The quantitative estimate of drug-likeness (QED) is 0.812. The van der Waals surface area contributed by atoms with Gasteiger partial charge in [0.25, 0.3) is 0 Å². The molecule has 0 unspecified atom stereocenters. The van der Waals surface area contributed by atoms with Crippen LogP contribution in [0.1, 0.15) is 45.1 Å². The summed E-state index contributed by atoms with van der Waals surface area (Å²) in [4.78, 5) is 0. The highest BCUT2D eigenvalue weighted by Crippen LogP contribution is 2.31. The summed E-state index contributed by atoms with van der Waals surface area (Å²) in [5.74, 6) is 1.01. The Balaban J connectivity index is 2.08. The minimum Gasteiger partial charge on any atom is -0.489 e. The van der Waals surface area contributed by atoms with E-state index in [-0.39, 0.29) is 0 Å². The Morgan fingerprint density at radius 2 is 2.06 bits per heavy atom. The number of halogens is 1. The van der Waals surface area contributed by atoms with E-state index >= 15 is 0 Å². The first-order valence-electron chi connectivity index (χ1n) is 6.92. The molecule has 0 aliphatic heterocycles. The second-order valence-electron chi connectivity index (χ2n) is 4.94. The fraction of sp³-hybridized carbons (Fsp3) is 0.600. The molecule has 2 rings (SSSR count). The van der Waals surface area contributed by atoms with Crippen LogP contribution in [-0.2, 0) is 6.54 Å². The standard InChI is InChI=1S/C15H22BrNO/c1-3-13(4-2)18-15-11(6-5-7-14(15)16)10-17-12-8-9-12/h5-7,12-13,17H,3-4,8-10H2,1-2H3. The molecule has 0 saturated heterocycles. The van der Waals surface area contributed by atoms with Crippen LogP contribution in [0.5, 0.6) is 5.75 Å². The predicted molar refractivity (Wildman–Crippen MR) is 79.0 cm³/mol. The minimum absolute atomic E-state index is 0.309. The van der Waals surface area contributed by atoms with Crippen LogP contribution in [0.25, 0.3) is 0 Å². The van der Waals surface area contributed by atoms with Gasteiger partial charge < -0.3 is 10.1 Å². The molecule has 0 heterocycles. The van der Waals surface area contributed by atoms with Gasteiger partial charge in [-0.2, -0.15) is 0 Å². The van der Waals surface area contributed by atoms with Crippen molar-refractivity contribution >= 4 is 15.9 Å². The molecule has 1 fully saturated rings. The fourth-order valence-corrected chi connectivity index (χ4v) is 2.49. The van der Waals surface area contributed by atoms with Crippen molar-refractivity contribution in [2.75, 3.05) is 0 Å². The number of hydrogen-bond acceptors (Lipinski definition) is 2. The number of nitrogens with one attached hydrogen (secondary N) is 1. The van der Waals surface area contributed by atoms with Crippen molar-refractivity contribution in [1.29, 1.82) is 0 Å². The third-order valence-electron chi connectivity index (χ3n) is 3.40. The molecule has 1 saturated carbocycles. The Bertz CT molecular complexity index is 386. The van der Waals surface area contributed by atoms with E-state index in [0.29, 0.717) is 6.10 Å². The summed E-state index contributed by atoms with van der Waals surface area (Å²) in [5, 5.41) is 3.55. The summed E-state index contributed by atoms with van der Waals surface area (Å²) in [6, 6.07) is 7.01. The molecule has 18 heavy (non-hydrogen) atoms. The summed E-state index contributed by atoms with van der Waals surface area (Å²) in [6.45, 7) is 5.25. The van der Waals surface area contributed by atoms with Crippen LogP contribution in [0.2, 0.25) is 0 Å². The van der Waals surface area contributed by atoms with Gasteiger partial charge in [0.05, 0.1) is 10.6 Å². The molecule has 1 N–H and O–H groups in total. The molecular formula is C15H22BrNO. The first-order chi connectivity index (χ1) is 8.74. The lowest BCUT2D eigenvalue weighted by Crippen LogP contribution is -2.19. The zero-order chi connectivity index (χ0) is 13.0. The molecule has 1 aromatic rings. The number of ether oxygens (including phenoxy) is 1. The maximum absolute atomic E-state index is 6.14. The van der Waals surface area contributed by atoms with Crippen LogP contribution in [-0.4, -0.2) is 12.1 Å². The summed E-state index contributed by atoms with van der Waals surface area (Å²) >= 11 is 3.60. The molecule has 100 valence electrons.